The predicted octanol–water partition coefficient (Wildman–Crippen LogP) is 3.42. The highest BCUT2D eigenvalue weighted by molar-refractivity contribution is 5.96. The van der Waals surface area contributed by atoms with E-state index in [0.717, 1.165) is 55.8 Å². The lowest BCUT2D eigenvalue weighted by Gasteiger charge is -2.34. The van der Waals surface area contributed by atoms with E-state index < -0.39 is 0 Å². The van der Waals surface area contributed by atoms with Crippen LogP contribution >= 0.6 is 0 Å². The van der Waals surface area contributed by atoms with Crippen LogP contribution in [0.1, 0.15) is 39.1 Å². The first-order valence-corrected chi connectivity index (χ1v) is 9.30. The van der Waals surface area contributed by atoms with Gasteiger partial charge in [0.05, 0.1) is 0 Å². The molecule has 1 aliphatic heterocycles. The van der Waals surface area contributed by atoms with Gasteiger partial charge >= 0.3 is 0 Å². The van der Waals surface area contributed by atoms with Crippen LogP contribution in [0.3, 0.4) is 0 Å². The molecule has 0 aliphatic carbocycles. The highest BCUT2D eigenvalue weighted by atomic mass is 16.2. The number of nitrogens with zero attached hydrogens (tertiary/aromatic N) is 2. The number of piperazine rings is 1. The zero-order valence-electron chi connectivity index (χ0n) is 15.4. The maximum absolute atomic E-state index is 12.5. The molecule has 2 aromatic rings. The number of aryl methyl sites for hydroxylation is 1. The maximum atomic E-state index is 12.5. The normalized spacial score (nSPS) is 15.0. The number of carbonyl (C=O) groups excluding carboxylic acids is 2. The van der Waals surface area contributed by atoms with Gasteiger partial charge in [-0.1, -0.05) is 48.0 Å². The lowest BCUT2D eigenvalue weighted by atomic mass is 10.1. The second kappa shape index (κ2) is 8.77. The van der Waals surface area contributed by atoms with Gasteiger partial charge in [-0.3, -0.25) is 14.5 Å². The molecule has 2 aromatic carbocycles. The van der Waals surface area contributed by atoms with Gasteiger partial charge in [0, 0.05) is 43.7 Å². The average Bonchev–Trinajstić information content (AvgIpc) is 2.69. The van der Waals surface area contributed by atoms with E-state index >= 15 is 0 Å². The van der Waals surface area contributed by atoms with Crippen molar-refractivity contribution in [3.8, 4) is 0 Å². The summed E-state index contributed by atoms with van der Waals surface area (Å²) >= 11 is 0. The van der Waals surface area contributed by atoms with E-state index in [1.54, 1.807) is 0 Å². The Balaban J connectivity index is 1.40. The molecule has 1 amide bonds. The summed E-state index contributed by atoms with van der Waals surface area (Å²) in [7, 11) is 0. The quantitative estimate of drug-likeness (QED) is 0.750. The van der Waals surface area contributed by atoms with Crippen molar-refractivity contribution in [1.29, 1.82) is 0 Å². The molecule has 0 unspecified atom stereocenters. The monoisotopic (exact) mass is 350 g/mol. The van der Waals surface area contributed by atoms with Gasteiger partial charge < -0.3 is 4.90 Å². The van der Waals surface area contributed by atoms with Crippen molar-refractivity contribution in [3.05, 3.63) is 71.3 Å². The van der Waals surface area contributed by atoms with Crippen LogP contribution in [0.4, 0.5) is 0 Å². The molecule has 1 saturated heterocycles. The molecule has 136 valence electrons. The van der Waals surface area contributed by atoms with E-state index in [1.807, 2.05) is 66.4 Å². The van der Waals surface area contributed by atoms with E-state index in [-0.39, 0.29) is 11.7 Å². The number of Topliss-reactive ketones (excluding diaryl/α,β-unsaturated/α-hetero) is 1. The van der Waals surface area contributed by atoms with Crippen molar-refractivity contribution in [2.75, 3.05) is 32.7 Å². The zero-order chi connectivity index (χ0) is 18.4. The molecule has 0 saturated carbocycles. The molecule has 0 atom stereocenters. The minimum Gasteiger partial charge on any atom is -0.336 e. The molecule has 0 bridgehead atoms. The van der Waals surface area contributed by atoms with Crippen LogP contribution in [0.2, 0.25) is 0 Å². The van der Waals surface area contributed by atoms with Gasteiger partial charge in [0.25, 0.3) is 5.91 Å². The fourth-order valence-electron chi connectivity index (χ4n) is 3.28. The van der Waals surface area contributed by atoms with Gasteiger partial charge in [0.2, 0.25) is 0 Å². The SMILES string of the molecule is Cc1ccc(C(=O)N2CCN(CCCC(=O)c3ccccc3)CC2)cc1. The summed E-state index contributed by atoms with van der Waals surface area (Å²) in [6.45, 7) is 6.17. The molecule has 1 fully saturated rings. The summed E-state index contributed by atoms with van der Waals surface area (Å²) in [6.07, 6.45) is 1.44. The highest BCUT2D eigenvalue weighted by Gasteiger charge is 2.21. The highest BCUT2D eigenvalue weighted by Crippen LogP contribution is 2.11. The second-order valence-electron chi connectivity index (χ2n) is 6.89. The van der Waals surface area contributed by atoms with E-state index in [1.165, 1.54) is 0 Å². The molecule has 1 aliphatic rings. The Hall–Kier alpha value is -2.46. The van der Waals surface area contributed by atoms with Crippen molar-refractivity contribution in [2.45, 2.75) is 19.8 Å². The molecule has 0 radical (unpaired) electrons. The summed E-state index contributed by atoms with van der Waals surface area (Å²) in [5.74, 6) is 0.322. The molecule has 0 N–H and O–H groups in total. The van der Waals surface area contributed by atoms with Crippen LogP contribution in [0.5, 0.6) is 0 Å². The summed E-state index contributed by atoms with van der Waals surface area (Å²) in [5, 5.41) is 0. The topological polar surface area (TPSA) is 40.6 Å². The second-order valence-corrected chi connectivity index (χ2v) is 6.89. The third-order valence-corrected chi connectivity index (χ3v) is 4.93. The van der Waals surface area contributed by atoms with Crippen molar-refractivity contribution in [3.63, 3.8) is 0 Å². The Kier molecular flexibility index (Phi) is 6.18. The van der Waals surface area contributed by atoms with E-state index in [2.05, 4.69) is 4.90 Å². The Bertz CT molecular complexity index is 732. The smallest absolute Gasteiger partial charge is 0.253 e. The van der Waals surface area contributed by atoms with Gasteiger partial charge in [-0.05, 0) is 32.0 Å². The summed E-state index contributed by atoms with van der Waals surface area (Å²) < 4.78 is 0. The number of hydrogen-bond acceptors (Lipinski definition) is 3. The molecule has 0 spiro atoms. The number of ketones is 1. The van der Waals surface area contributed by atoms with Crippen LogP contribution in [0.15, 0.2) is 54.6 Å². The van der Waals surface area contributed by atoms with E-state index in [4.69, 9.17) is 0 Å². The minimum atomic E-state index is 0.115. The molecular weight excluding hydrogens is 324 g/mol. The first-order valence-electron chi connectivity index (χ1n) is 9.30. The van der Waals surface area contributed by atoms with Crippen LogP contribution in [-0.4, -0.2) is 54.2 Å². The van der Waals surface area contributed by atoms with Crippen molar-refractivity contribution in [1.82, 2.24) is 9.80 Å². The third-order valence-electron chi connectivity index (χ3n) is 4.93. The number of amides is 1. The number of rotatable bonds is 6. The summed E-state index contributed by atoms with van der Waals surface area (Å²) in [6, 6.07) is 17.2. The largest absolute Gasteiger partial charge is 0.336 e. The van der Waals surface area contributed by atoms with Gasteiger partial charge in [0.1, 0.15) is 0 Å². The number of carbonyl (C=O) groups is 2. The van der Waals surface area contributed by atoms with Crippen molar-refractivity contribution >= 4 is 11.7 Å². The van der Waals surface area contributed by atoms with Gasteiger partial charge in [-0.25, -0.2) is 0 Å². The van der Waals surface area contributed by atoms with E-state index in [0.29, 0.717) is 6.42 Å². The first-order chi connectivity index (χ1) is 12.6. The molecule has 4 heteroatoms. The van der Waals surface area contributed by atoms with Gasteiger partial charge in [-0.15, -0.1) is 0 Å². The fourth-order valence-corrected chi connectivity index (χ4v) is 3.28. The standard InChI is InChI=1S/C22H26N2O2/c1-18-9-11-20(12-10-18)22(26)24-16-14-23(15-17-24)13-5-8-21(25)19-6-3-2-4-7-19/h2-4,6-7,9-12H,5,8,13-17H2,1H3. The molecule has 1 heterocycles. The third kappa shape index (κ3) is 4.79. The Labute approximate surface area is 155 Å². The van der Waals surface area contributed by atoms with Crippen LogP contribution in [0, 0.1) is 6.92 Å². The molecule has 0 aromatic heterocycles. The molecule has 26 heavy (non-hydrogen) atoms. The van der Waals surface area contributed by atoms with Crippen molar-refractivity contribution in [2.24, 2.45) is 0 Å². The molecular formula is C22H26N2O2. The predicted molar refractivity (Wildman–Crippen MR) is 104 cm³/mol. The lowest BCUT2D eigenvalue weighted by molar-refractivity contribution is 0.0635. The Morgan fingerprint density at radius 1 is 0.846 bits per heavy atom. The summed E-state index contributed by atoms with van der Waals surface area (Å²) in [4.78, 5) is 28.9. The van der Waals surface area contributed by atoms with Crippen molar-refractivity contribution < 1.29 is 9.59 Å². The Morgan fingerprint density at radius 2 is 1.50 bits per heavy atom. The fraction of sp³-hybridized carbons (Fsp3) is 0.364. The van der Waals surface area contributed by atoms with Crippen LogP contribution in [-0.2, 0) is 0 Å². The minimum absolute atomic E-state index is 0.115. The maximum Gasteiger partial charge on any atom is 0.253 e. The summed E-state index contributed by atoms with van der Waals surface area (Å²) in [5.41, 5.74) is 2.72. The Morgan fingerprint density at radius 3 is 2.15 bits per heavy atom. The lowest BCUT2D eigenvalue weighted by Crippen LogP contribution is -2.48. The van der Waals surface area contributed by atoms with Gasteiger partial charge in [0.15, 0.2) is 5.78 Å². The zero-order valence-corrected chi connectivity index (χ0v) is 15.4. The molecule has 4 nitrogen and oxygen atoms in total. The number of benzene rings is 2. The molecule has 3 rings (SSSR count). The van der Waals surface area contributed by atoms with E-state index in [9.17, 15) is 9.59 Å². The van der Waals surface area contributed by atoms with Gasteiger partial charge in [-0.2, -0.15) is 0 Å². The average molecular weight is 350 g/mol. The van der Waals surface area contributed by atoms with Crippen LogP contribution in [0.25, 0.3) is 0 Å². The first kappa shape index (κ1) is 18.3. The van der Waals surface area contributed by atoms with Crippen LogP contribution < -0.4 is 0 Å². The number of hydrogen-bond donors (Lipinski definition) is 0.